The number of fused-ring (bicyclic) bond motifs is 2. The highest BCUT2D eigenvalue weighted by molar-refractivity contribution is 5.06. The van der Waals surface area contributed by atoms with Gasteiger partial charge in [0.2, 0.25) is 0 Å². The van der Waals surface area contributed by atoms with E-state index in [9.17, 15) is 31.4 Å². The smallest absolute Gasteiger partial charge is 0.374 e. The summed E-state index contributed by atoms with van der Waals surface area (Å²) in [6.45, 7) is 3.43. The minimum Gasteiger partial charge on any atom is -0.374 e. The summed E-state index contributed by atoms with van der Waals surface area (Å²) >= 11 is 0. The topological polar surface area (TPSA) is 20.2 Å². The lowest BCUT2D eigenvalue weighted by Crippen LogP contribution is -2.59. The Bertz CT molecular complexity index is 369. The molecule has 0 aromatic heterocycles. The van der Waals surface area contributed by atoms with Crippen LogP contribution >= 0.6 is 0 Å². The first-order valence-electron chi connectivity index (χ1n) is 6.66. The van der Waals surface area contributed by atoms with E-state index in [1.165, 1.54) is 0 Å². The number of halogens is 6. The zero-order chi connectivity index (χ0) is 15.6. The van der Waals surface area contributed by atoms with Gasteiger partial charge in [-0.05, 0) is 48.9 Å². The van der Waals surface area contributed by atoms with Gasteiger partial charge in [-0.2, -0.15) is 26.3 Å². The third kappa shape index (κ3) is 2.12. The molecule has 2 rings (SSSR count). The highest BCUT2D eigenvalue weighted by atomic mass is 19.4. The van der Waals surface area contributed by atoms with Crippen molar-refractivity contribution in [1.29, 1.82) is 0 Å². The van der Waals surface area contributed by atoms with E-state index in [-0.39, 0.29) is 11.8 Å². The van der Waals surface area contributed by atoms with Crippen molar-refractivity contribution < 1.29 is 31.4 Å². The average Bonchev–Trinajstić information content (AvgIpc) is 2.77. The maximum absolute atomic E-state index is 12.8. The van der Waals surface area contributed by atoms with Gasteiger partial charge in [-0.25, -0.2) is 0 Å². The Morgan fingerprint density at radius 3 is 1.85 bits per heavy atom. The Morgan fingerprint density at radius 2 is 1.50 bits per heavy atom. The predicted octanol–water partition coefficient (Wildman–Crippen LogP) is 4.30. The molecule has 1 nitrogen and oxygen atoms in total. The fourth-order valence-electron chi connectivity index (χ4n) is 4.11. The van der Waals surface area contributed by atoms with Gasteiger partial charge in [0.25, 0.3) is 5.60 Å². The Labute approximate surface area is 113 Å². The summed E-state index contributed by atoms with van der Waals surface area (Å²) < 4.78 is 76.7. The van der Waals surface area contributed by atoms with Crippen LogP contribution in [0.2, 0.25) is 0 Å². The second kappa shape index (κ2) is 4.27. The predicted molar refractivity (Wildman–Crippen MR) is 59.8 cm³/mol. The monoisotopic (exact) mass is 304 g/mol. The molecule has 0 heterocycles. The van der Waals surface area contributed by atoms with Crippen LogP contribution in [-0.4, -0.2) is 23.1 Å². The zero-order valence-corrected chi connectivity index (χ0v) is 11.3. The molecule has 0 saturated heterocycles. The SMILES string of the molecule is CC1(C)C2CCC(C2)C1CC(O)(C(F)(F)F)C(F)(F)F. The van der Waals surface area contributed by atoms with E-state index >= 15 is 0 Å². The molecule has 0 radical (unpaired) electrons. The van der Waals surface area contributed by atoms with Crippen LogP contribution in [0, 0.1) is 23.2 Å². The maximum Gasteiger partial charge on any atom is 0.426 e. The quantitative estimate of drug-likeness (QED) is 0.754. The molecule has 20 heavy (non-hydrogen) atoms. The lowest BCUT2D eigenvalue weighted by molar-refractivity contribution is -0.374. The molecule has 2 fully saturated rings. The van der Waals surface area contributed by atoms with Crippen molar-refractivity contribution in [2.24, 2.45) is 23.2 Å². The molecule has 0 aliphatic heterocycles. The van der Waals surface area contributed by atoms with Crippen molar-refractivity contribution in [1.82, 2.24) is 0 Å². The van der Waals surface area contributed by atoms with Crippen LogP contribution in [0.4, 0.5) is 26.3 Å². The fraction of sp³-hybridized carbons (Fsp3) is 1.00. The molecule has 1 N–H and O–H groups in total. The summed E-state index contributed by atoms with van der Waals surface area (Å²) in [6.07, 6.45) is -10.5. The first-order chi connectivity index (χ1) is 8.81. The number of aliphatic hydroxyl groups is 1. The van der Waals surface area contributed by atoms with Gasteiger partial charge in [-0.1, -0.05) is 13.8 Å². The molecule has 2 bridgehead atoms. The van der Waals surface area contributed by atoms with Gasteiger partial charge in [-0.3, -0.25) is 0 Å². The largest absolute Gasteiger partial charge is 0.426 e. The summed E-state index contributed by atoms with van der Waals surface area (Å²) in [5, 5.41) is 9.36. The minimum absolute atomic E-state index is 0.147. The van der Waals surface area contributed by atoms with Crippen LogP contribution < -0.4 is 0 Å². The van der Waals surface area contributed by atoms with E-state index in [0.29, 0.717) is 12.8 Å². The molecule has 7 heteroatoms. The molecule has 3 unspecified atom stereocenters. The molecule has 2 saturated carbocycles. The fourth-order valence-corrected chi connectivity index (χ4v) is 4.11. The van der Waals surface area contributed by atoms with Crippen LogP contribution in [0.15, 0.2) is 0 Å². The van der Waals surface area contributed by atoms with Gasteiger partial charge in [0.1, 0.15) is 0 Å². The third-order valence-corrected chi connectivity index (χ3v) is 5.50. The van der Waals surface area contributed by atoms with Crippen LogP contribution in [0.3, 0.4) is 0 Å². The van der Waals surface area contributed by atoms with E-state index in [1.54, 1.807) is 13.8 Å². The Morgan fingerprint density at radius 1 is 1.00 bits per heavy atom. The van der Waals surface area contributed by atoms with E-state index in [2.05, 4.69) is 0 Å². The van der Waals surface area contributed by atoms with Crippen LogP contribution in [0.5, 0.6) is 0 Å². The van der Waals surface area contributed by atoms with Gasteiger partial charge in [0, 0.05) is 0 Å². The summed E-state index contributed by atoms with van der Waals surface area (Å²) in [6, 6.07) is 0. The minimum atomic E-state index is -5.71. The van der Waals surface area contributed by atoms with Crippen LogP contribution in [0.1, 0.15) is 39.5 Å². The van der Waals surface area contributed by atoms with Crippen LogP contribution in [0.25, 0.3) is 0 Å². The van der Waals surface area contributed by atoms with E-state index in [0.717, 1.165) is 6.42 Å². The molecule has 0 aromatic rings. The molecule has 2 aliphatic carbocycles. The van der Waals surface area contributed by atoms with Crippen molar-refractivity contribution >= 4 is 0 Å². The number of rotatable bonds is 2. The zero-order valence-electron chi connectivity index (χ0n) is 11.3. The van der Waals surface area contributed by atoms with Crippen molar-refractivity contribution in [2.45, 2.75) is 57.5 Å². The van der Waals surface area contributed by atoms with Crippen LogP contribution in [-0.2, 0) is 0 Å². The van der Waals surface area contributed by atoms with Gasteiger partial charge in [0.05, 0.1) is 0 Å². The summed E-state index contributed by atoms with van der Waals surface area (Å²) in [7, 11) is 0. The van der Waals surface area contributed by atoms with Crippen molar-refractivity contribution in [3.8, 4) is 0 Å². The van der Waals surface area contributed by atoms with Gasteiger partial charge >= 0.3 is 12.4 Å². The second-order valence-corrected chi connectivity index (χ2v) is 6.76. The highest BCUT2D eigenvalue weighted by Crippen LogP contribution is 2.63. The molecular formula is C13H18F6O. The summed E-state index contributed by atoms with van der Waals surface area (Å²) in [4.78, 5) is 0. The van der Waals surface area contributed by atoms with Crippen molar-refractivity contribution in [2.75, 3.05) is 0 Å². The number of hydrogen-bond donors (Lipinski definition) is 1. The first kappa shape index (κ1) is 15.9. The molecule has 0 amide bonds. The first-order valence-corrected chi connectivity index (χ1v) is 6.66. The summed E-state index contributed by atoms with van der Waals surface area (Å²) in [5.41, 5.74) is -5.19. The Hall–Kier alpha value is -0.460. The molecule has 0 spiro atoms. The number of hydrogen-bond acceptors (Lipinski definition) is 1. The Kier molecular flexibility index (Phi) is 3.40. The lowest BCUT2D eigenvalue weighted by Gasteiger charge is -2.43. The van der Waals surface area contributed by atoms with Gasteiger partial charge < -0.3 is 5.11 Å². The van der Waals surface area contributed by atoms with E-state index < -0.39 is 35.7 Å². The third-order valence-electron chi connectivity index (χ3n) is 5.50. The Balaban J connectivity index is 2.31. The molecule has 2 aliphatic rings. The molecule has 118 valence electrons. The highest BCUT2D eigenvalue weighted by Gasteiger charge is 2.72. The van der Waals surface area contributed by atoms with E-state index in [1.807, 2.05) is 0 Å². The van der Waals surface area contributed by atoms with Crippen molar-refractivity contribution in [3.63, 3.8) is 0 Å². The lowest BCUT2D eigenvalue weighted by atomic mass is 9.65. The van der Waals surface area contributed by atoms with E-state index in [4.69, 9.17) is 0 Å². The number of alkyl halides is 6. The second-order valence-electron chi connectivity index (χ2n) is 6.76. The molecule has 3 atom stereocenters. The van der Waals surface area contributed by atoms with Gasteiger partial charge in [-0.15, -0.1) is 0 Å². The van der Waals surface area contributed by atoms with Crippen molar-refractivity contribution in [3.05, 3.63) is 0 Å². The standard InChI is InChI=1S/C13H18F6O/c1-10(2)8-4-3-7(5-8)9(10)6-11(20,12(14,15)16)13(17,18)19/h7-9,20H,3-6H2,1-2H3. The molecule has 0 aromatic carbocycles. The summed E-state index contributed by atoms with van der Waals surface area (Å²) in [5.74, 6) is -0.746. The normalized spacial score (nSPS) is 33.8. The van der Waals surface area contributed by atoms with Gasteiger partial charge in [0.15, 0.2) is 0 Å². The average molecular weight is 304 g/mol. The molecular weight excluding hydrogens is 286 g/mol. The maximum atomic E-state index is 12.8.